The molecule has 4 rings (SSSR count). The summed E-state index contributed by atoms with van der Waals surface area (Å²) in [6, 6.07) is 10.1. The van der Waals surface area contributed by atoms with Crippen molar-refractivity contribution in [2.75, 3.05) is 17.7 Å². The largest absolute Gasteiger partial charge is 0.380 e. The van der Waals surface area contributed by atoms with Crippen LogP contribution in [0.3, 0.4) is 0 Å². The molecule has 0 radical (unpaired) electrons. The maximum atomic E-state index is 14.3. The summed E-state index contributed by atoms with van der Waals surface area (Å²) in [6.07, 6.45) is 0. The van der Waals surface area contributed by atoms with Gasteiger partial charge in [-0.1, -0.05) is 17.4 Å². The van der Waals surface area contributed by atoms with E-state index in [-0.39, 0.29) is 24.2 Å². The van der Waals surface area contributed by atoms with Crippen molar-refractivity contribution in [2.24, 2.45) is 0 Å². The fraction of sp³-hybridized carbons (Fsp3) is 0.150. The number of nitrogens with one attached hydrogen (secondary N) is 2. The van der Waals surface area contributed by atoms with Crippen molar-refractivity contribution in [1.82, 2.24) is 4.98 Å². The number of thiophene rings is 1. The third-order valence-electron chi connectivity index (χ3n) is 4.19. The Balaban J connectivity index is 1.66. The normalized spacial score (nSPS) is 11.1. The molecule has 148 valence electrons. The SMILES string of the molecule is COCc1c(C(=O)Nc2nc3ccc(NC(C)=O)cc3s2)sc2cccc(F)c12. The van der Waals surface area contributed by atoms with E-state index in [9.17, 15) is 14.0 Å². The number of amides is 2. The second-order valence-corrected chi connectivity index (χ2v) is 8.38. The number of fused-ring (bicyclic) bond motifs is 2. The van der Waals surface area contributed by atoms with Crippen molar-refractivity contribution in [2.45, 2.75) is 13.5 Å². The van der Waals surface area contributed by atoms with Crippen molar-refractivity contribution in [1.29, 1.82) is 0 Å². The molecule has 2 heterocycles. The number of benzene rings is 2. The van der Waals surface area contributed by atoms with E-state index in [4.69, 9.17) is 4.74 Å². The van der Waals surface area contributed by atoms with Gasteiger partial charge in [0.2, 0.25) is 5.91 Å². The van der Waals surface area contributed by atoms with Crippen LogP contribution in [-0.2, 0) is 16.1 Å². The van der Waals surface area contributed by atoms with E-state index in [1.807, 2.05) is 0 Å². The molecule has 2 aromatic heterocycles. The van der Waals surface area contributed by atoms with Gasteiger partial charge in [-0.15, -0.1) is 11.3 Å². The summed E-state index contributed by atoms with van der Waals surface area (Å²) in [7, 11) is 1.51. The molecule has 0 bridgehead atoms. The molecule has 0 unspecified atom stereocenters. The molecular weight excluding hydrogens is 413 g/mol. The molecule has 9 heteroatoms. The van der Waals surface area contributed by atoms with Crippen LogP contribution in [0.2, 0.25) is 0 Å². The Morgan fingerprint density at radius 2 is 1.97 bits per heavy atom. The van der Waals surface area contributed by atoms with Gasteiger partial charge < -0.3 is 10.1 Å². The molecule has 2 aromatic carbocycles. The van der Waals surface area contributed by atoms with Gasteiger partial charge in [-0.3, -0.25) is 14.9 Å². The summed E-state index contributed by atoms with van der Waals surface area (Å²) in [5.41, 5.74) is 1.89. The summed E-state index contributed by atoms with van der Waals surface area (Å²) in [4.78, 5) is 28.9. The number of ether oxygens (including phenoxy) is 1. The smallest absolute Gasteiger partial charge is 0.267 e. The molecule has 0 fully saturated rings. The summed E-state index contributed by atoms with van der Waals surface area (Å²) in [6.45, 7) is 1.57. The Morgan fingerprint density at radius 3 is 2.72 bits per heavy atom. The Labute approximate surface area is 173 Å². The number of anilines is 2. The number of rotatable bonds is 5. The molecule has 0 aliphatic carbocycles. The first-order valence-electron chi connectivity index (χ1n) is 8.64. The summed E-state index contributed by atoms with van der Waals surface area (Å²) in [5, 5.41) is 6.35. The van der Waals surface area contributed by atoms with Crippen LogP contribution >= 0.6 is 22.7 Å². The molecule has 2 N–H and O–H groups in total. The highest BCUT2D eigenvalue weighted by molar-refractivity contribution is 7.23. The number of thiazole rings is 1. The van der Waals surface area contributed by atoms with E-state index in [0.717, 1.165) is 4.70 Å². The molecule has 0 aliphatic rings. The average Bonchev–Trinajstić information content (AvgIpc) is 3.23. The highest BCUT2D eigenvalue weighted by Gasteiger charge is 2.21. The molecule has 0 saturated heterocycles. The minimum absolute atomic E-state index is 0.129. The maximum absolute atomic E-state index is 14.3. The minimum Gasteiger partial charge on any atom is -0.380 e. The summed E-state index contributed by atoms with van der Waals surface area (Å²) in [5.74, 6) is -0.904. The van der Waals surface area contributed by atoms with Crippen LogP contribution < -0.4 is 10.6 Å². The predicted molar refractivity (Wildman–Crippen MR) is 114 cm³/mol. The fourth-order valence-electron chi connectivity index (χ4n) is 3.05. The van der Waals surface area contributed by atoms with Crippen LogP contribution in [0.25, 0.3) is 20.3 Å². The third-order valence-corrected chi connectivity index (χ3v) is 6.32. The van der Waals surface area contributed by atoms with Crippen LogP contribution in [0.5, 0.6) is 0 Å². The molecule has 0 atom stereocenters. The molecule has 6 nitrogen and oxygen atoms in total. The van der Waals surface area contributed by atoms with E-state index in [2.05, 4.69) is 15.6 Å². The van der Waals surface area contributed by atoms with Crippen LogP contribution in [0.1, 0.15) is 22.2 Å². The van der Waals surface area contributed by atoms with E-state index in [1.54, 1.807) is 30.3 Å². The molecule has 0 spiro atoms. The number of hydrogen-bond acceptors (Lipinski definition) is 6. The number of halogens is 1. The van der Waals surface area contributed by atoms with Crippen LogP contribution in [-0.4, -0.2) is 23.9 Å². The fourth-order valence-corrected chi connectivity index (χ4v) is 5.06. The van der Waals surface area contributed by atoms with Crippen LogP contribution in [0.15, 0.2) is 36.4 Å². The highest BCUT2D eigenvalue weighted by atomic mass is 32.1. The number of carbonyl (C=O) groups excluding carboxylic acids is 2. The van der Waals surface area contributed by atoms with Gasteiger partial charge in [0.05, 0.1) is 21.7 Å². The van der Waals surface area contributed by atoms with Crippen molar-refractivity contribution >= 4 is 65.6 Å². The lowest BCUT2D eigenvalue weighted by Crippen LogP contribution is -2.12. The quantitative estimate of drug-likeness (QED) is 0.467. The van der Waals surface area contributed by atoms with Gasteiger partial charge >= 0.3 is 0 Å². The topological polar surface area (TPSA) is 80.3 Å². The van der Waals surface area contributed by atoms with E-state index in [1.165, 1.54) is 42.8 Å². The maximum Gasteiger partial charge on any atom is 0.267 e. The van der Waals surface area contributed by atoms with E-state index < -0.39 is 0 Å². The minimum atomic E-state index is -0.379. The van der Waals surface area contributed by atoms with Crippen molar-refractivity contribution in [3.8, 4) is 0 Å². The lowest BCUT2D eigenvalue weighted by molar-refractivity contribution is -0.114. The lowest BCUT2D eigenvalue weighted by Gasteiger charge is -2.04. The average molecular weight is 429 g/mol. The third kappa shape index (κ3) is 3.84. The number of aromatic nitrogens is 1. The first-order chi connectivity index (χ1) is 14.0. The monoisotopic (exact) mass is 429 g/mol. The van der Waals surface area contributed by atoms with Crippen LogP contribution in [0, 0.1) is 5.82 Å². The van der Waals surface area contributed by atoms with Gasteiger partial charge in [0.25, 0.3) is 5.91 Å². The van der Waals surface area contributed by atoms with Gasteiger partial charge in [-0.2, -0.15) is 0 Å². The molecule has 0 saturated carbocycles. The second-order valence-electron chi connectivity index (χ2n) is 6.29. The van der Waals surface area contributed by atoms with Crippen LogP contribution in [0.4, 0.5) is 15.2 Å². The van der Waals surface area contributed by atoms with Crippen molar-refractivity contribution < 1.29 is 18.7 Å². The van der Waals surface area contributed by atoms with Gasteiger partial charge in [0.1, 0.15) is 5.82 Å². The molecule has 2 amide bonds. The van der Waals surface area contributed by atoms with Gasteiger partial charge in [0, 0.05) is 35.4 Å². The number of nitrogens with zero attached hydrogens (tertiary/aromatic N) is 1. The number of hydrogen-bond donors (Lipinski definition) is 2. The van der Waals surface area contributed by atoms with Gasteiger partial charge in [-0.25, -0.2) is 9.37 Å². The molecule has 0 aliphatic heterocycles. The Morgan fingerprint density at radius 1 is 1.14 bits per heavy atom. The first-order valence-corrected chi connectivity index (χ1v) is 10.3. The number of carbonyl (C=O) groups is 2. The second kappa shape index (κ2) is 7.86. The zero-order valence-electron chi connectivity index (χ0n) is 15.5. The Bertz CT molecular complexity index is 1250. The summed E-state index contributed by atoms with van der Waals surface area (Å²) >= 11 is 2.51. The Kier molecular flexibility index (Phi) is 5.27. The predicted octanol–water partition coefficient (Wildman–Crippen LogP) is 5.01. The molecular formula is C20H16FN3O3S2. The zero-order valence-corrected chi connectivity index (χ0v) is 17.2. The first kappa shape index (κ1) is 19.4. The molecule has 4 aromatic rings. The highest BCUT2D eigenvalue weighted by Crippen LogP contribution is 2.35. The van der Waals surface area contributed by atoms with Gasteiger partial charge in [0.15, 0.2) is 5.13 Å². The molecule has 29 heavy (non-hydrogen) atoms. The number of methoxy groups -OCH3 is 1. The van der Waals surface area contributed by atoms with E-state index >= 15 is 0 Å². The van der Waals surface area contributed by atoms with Crippen molar-refractivity contribution in [3.63, 3.8) is 0 Å². The Hall–Kier alpha value is -2.88. The summed E-state index contributed by atoms with van der Waals surface area (Å²) < 4.78 is 21.0. The lowest BCUT2D eigenvalue weighted by atomic mass is 10.1. The van der Waals surface area contributed by atoms with Gasteiger partial charge in [-0.05, 0) is 30.3 Å². The van der Waals surface area contributed by atoms with Crippen molar-refractivity contribution in [3.05, 3.63) is 52.7 Å². The standard InChI is InChI=1S/C20H16FN3O3S2/c1-10(25)22-11-6-7-14-16(8-11)29-20(23-14)24-19(26)18-12(9-27-2)17-13(21)4-3-5-15(17)28-18/h3-8H,9H2,1-2H3,(H,22,25)(H,23,24,26). The van der Waals surface area contributed by atoms with E-state index in [0.29, 0.717) is 36.9 Å². The zero-order chi connectivity index (χ0) is 20.5.